The van der Waals surface area contributed by atoms with Gasteiger partial charge in [-0.15, -0.1) is 0 Å². The number of likely N-dealkylation sites (tertiary alicyclic amines) is 1. The highest BCUT2D eigenvalue weighted by Crippen LogP contribution is 2.31. The Morgan fingerprint density at radius 3 is 2.52 bits per heavy atom. The van der Waals surface area contributed by atoms with Gasteiger partial charge in [0.1, 0.15) is 5.75 Å². The Balaban J connectivity index is 1.45. The van der Waals surface area contributed by atoms with Crippen molar-refractivity contribution in [3.05, 3.63) is 59.7 Å². The highest BCUT2D eigenvalue weighted by molar-refractivity contribution is 6.04. The van der Waals surface area contributed by atoms with Crippen LogP contribution in [0.1, 0.15) is 60.5 Å². The third kappa shape index (κ3) is 5.64. The number of nitrogens with one attached hydrogen (secondary N) is 2. The molecular weight excluding hydrogens is 390 g/mol. The Kier molecular flexibility index (Phi) is 6.87. The number of ether oxygens (including phenoxy) is 1. The number of carbonyl (C=O) groups excluding carboxylic acids is 2. The third-order valence-electron chi connectivity index (χ3n) is 6.07. The van der Waals surface area contributed by atoms with Crippen LogP contribution in [0.25, 0.3) is 0 Å². The highest BCUT2D eigenvalue weighted by atomic mass is 16.5. The maximum absolute atomic E-state index is 13.0. The lowest BCUT2D eigenvalue weighted by atomic mass is 10.0. The van der Waals surface area contributed by atoms with Crippen LogP contribution in [-0.2, 0) is 4.79 Å². The zero-order chi connectivity index (χ0) is 21.6. The monoisotopic (exact) mass is 421 g/mol. The fourth-order valence-corrected chi connectivity index (χ4v) is 4.22. The zero-order valence-electron chi connectivity index (χ0n) is 18.1. The molecule has 2 aliphatic rings. The summed E-state index contributed by atoms with van der Waals surface area (Å²) < 4.78 is 5.29. The fraction of sp³-hybridized carbons (Fsp3) is 0.440. The lowest BCUT2D eigenvalue weighted by Gasteiger charge is -2.30. The number of amides is 2. The smallest absolute Gasteiger partial charge is 0.253 e. The average Bonchev–Trinajstić information content (AvgIpc) is 3.62. The van der Waals surface area contributed by atoms with Gasteiger partial charge in [0.05, 0.1) is 24.9 Å². The van der Waals surface area contributed by atoms with Crippen LogP contribution in [0, 0.1) is 0 Å². The van der Waals surface area contributed by atoms with Crippen LogP contribution in [0.4, 0.5) is 5.69 Å². The molecule has 2 aromatic rings. The summed E-state index contributed by atoms with van der Waals surface area (Å²) in [6.45, 7) is 1.18. The number of hydrogen-bond donors (Lipinski definition) is 2. The Labute approximate surface area is 184 Å². The van der Waals surface area contributed by atoms with Gasteiger partial charge in [0.2, 0.25) is 5.91 Å². The van der Waals surface area contributed by atoms with E-state index >= 15 is 0 Å². The van der Waals surface area contributed by atoms with Crippen molar-refractivity contribution < 1.29 is 14.3 Å². The SMILES string of the molecule is COc1ccc([C@H]2CCCCCN2CC(=O)Nc2ccccc2C(=O)NC2CC2)cc1. The van der Waals surface area contributed by atoms with Gasteiger partial charge in [0.15, 0.2) is 0 Å². The number of para-hydroxylation sites is 1. The molecule has 164 valence electrons. The maximum Gasteiger partial charge on any atom is 0.253 e. The topological polar surface area (TPSA) is 70.7 Å². The van der Waals surface area contributed by atoms with E-state index < -0.39 is 0 Å². The van der Waals surface area contributed by atoms with Crippen molar-refractivity contribution in [2.45, 2.75) is 50.6 Å². The standard InChI is InChI=1S/C25H31N3O3/c1-31-20-14-10-18(11-15-20)23-9-3-2-6-16-28(23)17-24(29)27-22-8-5-4-7-21(22)25(30)26-19-12-13-19/h4-5,7-8,10-11,14-15,19,23H,2-3,6,9,12-13,16-17H2,1H3,(H,26,30)(H,27,29)/t23-/m1/s1. The van der Waals surface area contributed by atoms with Crippen molar-refractivity contribution in [2.24, 2.45) is 0 Å². The molecule has 0 unspecified atom stereocenters. The van der Waals surface area contributed by atoms with E-state index in [1.165, 1.54) is 12.0 Å². The molecule has 4 rings (SSSR count). The van der Waals surface area contributed by atoms with E-state index in [0.29, 0.717) is 17.8 Å². The molecule has 1 aliphatic heterocycles. The minimum Gasteiger partial charge on any atom is -0.497 e. The van der Waals surface area contributed by atoms with Gasteiger partial charge in [-0.3, -0.25) is 14.5 Å². The van der Waals surface area contributed by atoms with Gasteiger partial charge < -0.3 is 15.4 Å². The van der Waals surface area contributed by atoms with E-state index in [4.69, 9.17) is 4.74 Å². The lowest BCUT2D eigenvalue weighted by molar-refractivity contribution is -0.117. The molecule has 1 saturated heterocycles. The van der Waals surface area contributed by atoms with Crippen LogP contribution in [0.3, 0.4) is 0 Å². The largest absolute Gasteiger partial charge is 0.497 e. The molecular formula is C25H31N3O3. The second kappa shape index (κ2) is 9.96. The van der Waals surface area contributed by atoms with E-state index in [0.717, 1.165) is 44.4 Å². The first kappa shape index (κ1) is 21.4. The summed E-state index contributed by atoms with van der Waals surface area (Å²) in [6.07, 6.45) is 6.50. The molecule has 2 N–H and O–H groups in total. The number of hydrogen-bond acceptors (Lipinski definition) is 4. The maximum atomic E-state index is 13.0. The molecule has 2 amide bonds. The highest BCUT2D eigenvalue weighted by Gasteiger charge is 2.27. The minimum absolute atomic E-state index is 0.0907. The van der Waals surface area contributed by atoms with Crippen LogP contribution in [0.15, 0.2) is 48.5 Å². The van der Waals surface area contributed by atoms with Gasteiger partial charge in [-0.2, -0.15) is 0 Å². The van der Waals surface area contributed by atoms with Crippen LogP contribution < -0.4 is 15.4 Å². The second-order valence-electron chi connectivity index (χ2n) is 8.45. The minimum atomic E-state index is -0.121. The van der Waals surface area contributed by atoms with E-state index in [-0.39, 0.29) is 23.9 Å². The molecule has 2 aromatic carbocycles. The molecule has 6 heteroatoms. The molecule has 2 fully saturated rings. The number of rotatable bonds is 7. The summed E-state index contributed by atoms with van der Waals surface area (Å²) in [7, 11) is 1.67. The summed E-state index contributed by atoms with van der Waals surface area (Å²) in [6, 6.07) is 15.9. The summed E-state index contributed by atoms with van der Waals surface area (Å²) in [4.78, 5) is 27.8. The van der Waals surface area contributed by atoms with E-state index in [1.54, 1.807) is 19.2 Å². The number of anilines is 1. The van der Waals surface area contributed by atoms with Crippen molar-refractivity contribution in [1.82, 2.24) is 10.2 Å². The number of carbonyl (C=O) groups is 2. The van der Waals surface area contributed by atoms with E-state index in [1.807, 2.05) is 24.3 Å². The van der Waals surface area contributed by atoms with Gasteiger partial charge in [0.25, 0.3) is 5.91 Å². The van der Waals surface area contributed by atoms with Crippen molar-refractivity contribution in [2.75, 3.05) is 25.5 Å². The molecule has 1 aliphatic carbocycles. The number of nitrogens with zero attached hydrogens (tertiary/aromatic N) is 1. The van der Waals surface area contributed by atoms with Crippen LogP contribution >= 0.6 is 0 Å². The summed E-state index contributed by atoms with van der Waals surface area (Å²) in [5.74, 6) is 0.624. The quantitative estimate of drug-likeness (QED) is 0.705. The molecule has 6 nitrogen and oxygen atoms in total. The van der Waals surface area contributed by atoms with Crippen molar-refractivity contribution in [1.29, 1.82) is 0 Å². The van der Waals surface area contributed by atoms with E-state index in [9.17, 15) is 9.59 Å². The molecule has 0 radical (unpaired) electrons. The van der Waals surface area contributed by atoms with Crippen LogP contribution in [0.2, 0.25) is 0 Å². The molecule has 1 saturated carbocycles. The summed E-state index contributed by atoms with van der Waals surface area (Å²) >= 11 is 0. The first-order valence-electron chi connectivity index (χ1n) is 11.2. The molecule has 1 atom stereocenters. The first-order valence-corrected chi connectivity index (χ1v) is 11.2. The first-order chi connectivity index (χ1) is 15.1. The predicted octanol–water partition coefficient (Wildman–Crippen LogP) is 4.14. The van der Waals surface area contributed by atoms with Gasteiger partial charge in [-0.05, 0) is 62.1 Å². The third-order valence-corrected chi connectivity index (χ3v) is 6.07. The van der Waals surface area contributed by atoms with Crippen molar-refractivity contribution >= 4 is 17.5 Å². The van der Waals surface area contributed by atoms with Gasteiger partial charge in [-0.25, -0.2) is 0 Å². The average molecular weight is 422 g/mol. The van der Waals surface area contributed by atoms with E-state index in [2.05, 4.69) is 27.7 Å². The summed E-state index contributed by atoms with van der Waals surface area (Å²) in [5.41, 5.74) is 2.30. The number of benzene rings is 2. The normalized spacial score (nSPS) is 19.3. The number of methoxy groups -OCH3 is 1. The van der Waals surface area contributed by atoms with Crippen molar-refractivity contribution in [3.63, 3.8) is 0 Å². The molecule has 0 aromatic heterocycles. The zero-order valence-corrected chi connectivity index (χ0v) is 18.1. The Hall–Kier alpha value is -2.86. The van der Waals surface area contributed by atoms with Gasteiger partial charge in [-0.1, -0.05) is 37.1 Å². The molecule has 1 heterocycles. The second-order valence-corrected chi connectivity index (χ2v) is 8.45. The molecule has 0 spiro atoms. The molecule has 0 bridgehead atoms. The fourth-order valence-electron chi connectivity index (χ4n) is 4.22. The predicted molar refractivity (Wildman–Crippen MR) is 121 cm³/mol. The van der Waals surface area contributed by atoms with Gasteiger partial charge in [0, 0.05) is 12.1 Å². The van der Waals surface area contributed by atoms with Gasteiger partial charge >= 0.3 is 0 Å². The Morgan fingerprint density at radius 2 is 1.77 bits per heavy atom. The Bertz CT molecular complexity index is 908. The Morgan fingerprint density at radius 1 is 1.00 bits per heavy atom. The van der Waals surface area contributed by atoms with Crippen LogP contribution in [0.5, 0.6) is 5.75 Å². The molecule has 31 heavy (non-hydrogen) atoms. The van der Waals surface area contributed by atoms with Crippen molar-refractivity contribution in [3.8, 4) is 5.75 Å². The van der Waals surface area contributed by atoms with Crippen LogP contribution in [-0.4, -0.2) is 43.0 Å². The summed E-state index contributed by atoms with van der Waals surface area (Å²) in [5, 5.41) is 5.98. The lowest BCUT2D eigenvalue weighted by Crippen LogP contribution is -2.36.